The highest BCUT2D eigenvalue weighted by Crippen LogP contribution is 2.45. The van der Waals surface area contributed by atoms with E-state index in [2.05, 4.69) is 181 Å². The molecular formula is C48H29NS3. The zero-order chi connectivity index (χ0) is 34.2. The fourth-order valence-corrected chi connectivity index (χ4v) is 11.4. The van der Waals surface area contributed by atoms with Crippen LogP contribution in [0, 0.1) is 0 Å². The molecule has 0 fully saturated rings. The molecule has 11 aromatic rings. The van der Waals surface area contributed by atoms with E-state index in [4.69, 9.17) is 0 Å². The van der Waals surface area contributed by atoms with Crippen molar-refractivity contribution in [1.29, 1.82) is 0 Å². The van der Waals surface area contributed by atoms with Gasteiger partial charge in [0.1, 0.15) is 0 Å². The predicted octanol–water partition coefficient (Wildman–Crippen LogP) is 15.6. The molecule has 3 heterocycles. The van der Waals surface area contributed by atoms with Crippen LogP contribution in [0.2, 0.25) is 0 Å². The summed E-state index contributed by atoms with van der Waals surface area (Å²) in [5.41, 5.74) is 8.40. The van der Waals surface area contributed by atoms with E-state index in [9.17, 15) is 0 Å². The van der Waals surface area contributed by atoms with E-state index in [-0.39, 0.29) is 0 Å². The van der Waals surface area contributed by atoms with Gasteiger partial charge in [0.05, 0.1) is 0 Å². The molecule has 0 aliphatic carbocycles. The Kier molecular flexibility index (Phi) is 6.84. The van der Waals surface area contributed by atoms with Crippen molar-refractivity contribution in [3.05, 3.63) is 176 Å². The van der Waals surface area contributed by atoms with E-state index < -0.39 is 0 Å². The van der Waals surface area contributed by atoms with Gasteiger partial charge in [-0.15, -0.1) is 34.0 Å². The third-order valence-corrected chi connectivity index (χ3v) is 13.8. The third kappa shape index (κ3) is 4.72. The molecular weight excluding hydrogens is 687 g/mol. The second kappa shape index (κ2) is 11.9. The molecule has 0 N–H and O–H groups in total. The summed E-state index contributed by atoms with van der Waals surface area (Å²) in [6, 6.07) is 64.9. The Morgan fingerprint density at radius 1 is 0.308 bits per heavy atom. The van der Waals surface area contributed by atoms with Gasteiger partial charge in [0.2, 0.25) is 0 Å². The molecule has 4 heteroatoms. The van der Waals surface area contributed by atoms with Crippen molar-refractivity contribution >= 4 is 112 Å². The SMILES string of the molecule is c1cc(-c2cccc3c2sc2ccccc23)cc(N(c2ccc(-c3cccc4sc5ccccc5c34)cc2)c2ccc3c(c2)sc2ccccc23)c1. The Balaban J connectivity index is 1.08. The number of thiophene rings is 3. The number of hydrogen-bond acceptors (Lipinski definition) is 4. The van der Waals surface area contributed by atoms with E-state index >= 15 is 0 Å². The van der Waals surface area contributed by atoms with E-state index in [1.54, 1.807) is 0 Å². The highest BCUT2D eigenvalue weighted by atomic mass is 32.1. The van der Waals surface area contributed by atoms with Crippen LogP contribution in [0.15, 0.2) is 176 Å². The van der Waals surface area contributed by atoms with Crippen molar-refractivity contribution < 1.29 is 0 Å². The minimum Gasteiger partial charge on any atom is -0.310 e. The summed E-state index contributed by atoms with van der Waals surface area (Å²) in [4.78, 5) is 2.42. The second-order valence-corrected chi connectivity index (χ2v) is 16.5. The summed E-state index contributed by atoms with van der Waals surface area (Å²) in [7, 11) is 0. The molecule has 0 saturated heterocycles. The minimum absolute atomic E-state index is 1.13. The van der Waals surface area contributed by atoms with Crippen LogP contribution in [0.4, 0.5) is 17.1 Å². The topological polar surface area (TPSA) is 3.24 Å². The number of benzene rings is 8. The number of nitrogens with zero attached hydrogens (tertiary/aromatic N) is 1. The van der Waals surface area contributed by atoms with Crippen molar-refractivity contribution in [2.45, 2.75) is 0 Å². The van der Waals surface area contributed by atoms with Crippen molar-refractivity contribution in [2.24, 2.45) is 0 Å². The molecule has 0 spiro atoms. The minimum atomic E-state index is 1.13. The largest absolute Gasteiger partial charge is 0.310 e. The lowest BCUT2D eigenvalue weighted by Gasteiger charge is -2.26. The Morgan fingerprint density at radius 2 is 0.865 bits per heavy atom. The van der Waals surface area contributed by atoms with Gasteiger partial charge in [0.25, 0.3) is 0 Å². The molecule has 0 unspecified atom stereocenters. The van der Waals surface area contributed by atoms with Crippen LogP contribution in [0.3, 0.4) is 0 Å². The quantitative estimate of drug-likeness (QED) is 0.171. The zero-order valence-electron chi connectivity index (χ0n) is 27.9. The normalized spacial score (nSPS) is 11.8. The standard InChI is InChI=1S/C48H29NS3/c1-4-18-42-37(12-1)39-27-26-34(29-46(39)51-42)49(32-24-22-30(23-25-32)35-15-9-21-45-47(35)41-14-3-6-20-44(41)50-45)33-11-7-10-31(28-33)36-16-8-17-40-38-13-2-5-19-43(38)52-48(36)40/h1-29H. The van der Waals surface area contributed by atoms with Gasteiger partial charge >= 0.3 is 0 Å². The van der Waals surface area contributed by atoms with Gasteiger partial charge in [-0.3, -0.25) is 0 Å². The van der Waals surface area contributed by atoms with Gasteiger partial charge in [0.15, 0.2) is 0 Å². The molecule has 8 aromatic carbocycles. The Hall–Kier alpha value is -5.78. The molecule has 0 amide bonds. The third-order valence-electron chi connectivity index (χ3n) is 10.3. The number of fused-ring (bicyclic) bond motifs is 9. The van der Waals surface area contributed by atoms with Crippen molar-refractivity contribution in [2.75, 3.05) is 4.90 Å². The first-order chi connectivity index (χ1) is 25.8. The number of hydrogen-bond donors (Lipinski definition) is 0. The van der Waals surface area contributed by atoms with E-state index in [1.165, 1.54) is 82.8 Å². The maximum Gasteiger partial charge on any atom is 0.0476 e. The van der Waals surface area contributed by atoms with Gasteiger partial charge in [-0.2, -0.15) is 0 Å². The van der Waals surface area contributed by atoms with Gasteiger partial charge in [-0.05, 0) is 82.9 Å². The van der Waals surface area contributed by atoms with E-state index in [1.807, 2.05) is 34.0 Å². The fourth-order valence-electron chi connectivity index (χ4n) is 7.89. The maximum absolute atomic E-state index is 2.42. The van der Waals surface area contributed by atoms with Crippen LogP contribution < -0.4 is 4.90 Å². The number of anilines is 3. The first-order valence-corrected chi connectivity index (χ1v) is 19.9. The van der Waals surface area contributed by atoms with Crippen LogP contribution >= 0.6 is 34.0 Å². The van der Waals surface area contributed by atoms with Gasteiger partial charge in [-0.1, -0.05) is 115 Å². The Morgan fingerprint density at radius 3 is 1.69 bits per heavy atom. The first kappa shape index (κ1) is 29.9. The highest BCUT2D eigenvalue weighted by molar-refractivity contribution is 7.26. The van der Waals surface area contributed by atoms with Gasteiger partial charge in [-0.25, -0.2) is 0 Å². The molecule has 0 aliphatic rings. The molecule has 0 bridgehead atoms. The molecule has 1 nitrogen and oxygen atoms in total. The van der Waals surface area contributed by atoms with Crippen LogP contribution in [0.25, 0.3) is 82.8 Å². The van der Waals surface area contributed by atoms with E-state index in [0.29, 0.717) is 0 Å². The lowest BCUT2D eigenvalue weighted by atomic mass is 9.99. The summed E-state index contributed by atoms with van der Waals surface area (Å²) in [6.07, 6.45) is 0. The fraction of sp³-hybridized carbons (Fsp3) is 0. The zero-order valence-corrected chi connectivity index (χ0v) is 30.4. The van der Waals surface area contributed by atoms with Crippen LogP contribution in [0.1, 0.15) is 0 Å². The molecule has 244 valence electrons. The maximum atomic E-state index is 2.42. The molecule has 52 heavy (non-hydrogen) atoms. The van der Waals surface area contributed by atoms with Crippen LogP contribution in [-0.2, 0) is 0 Å². The van der Waals surface area contributed by atoms with Gasteiger partial charge in [0, 0.05) is 77.6 Å². The summed E-state index contributed by atoms with van der Waals surface area (Å²) >= 11 is 5.62. The molecule has 0 saturated carbocycles. The lowest BCUT2D eigenvalue weighted by molar-refractivity contribution is 1.29. The molecule has 11 rings (SSSR count). The lowest BCUT2D eigenvalue weighted by Crippen LogP contribution is -2.10. The molecule has 0 atom stereocenters. The summed E-state index contributed by atoms with van der Waals surface area (Å²) in [5, 5.41) is 7.93. The van der Waals surface area contributed by atoms with Gasteiger partial charge < -0.3 is 4.90 Å². The summed E-state index contributed by atoms with van der Waals surface area (Å²) in [5.74, 6) is 0. The number of rotatable bonds is 5. The smallest absolute Gasteiger partial charge is 0.0476 e. The van der Waals surface area contributed by atoms with Crippen LogP contribution in [0.5, 0.6) is 0 Å². The molecule has 0 aliphatic heterocycles. The first-order valence-electron chi connectivity index (χ1n) is 17.5. The monoisotopic (exact) mass is 715 g/mol. The average Bonchev–Trinajstić information content (AvgIpc) is 3.89. The Bertz CT molecular complexity index is 3140. The van der Waals surface area contributed by atoms with E-state index in [0.717, 1.165) is 17.1 Å². The van der Waals surface area contributed by atoms with Crippen molar-refractivity contribution in [1.82, 2.24) is 0 Å². The summed E-state index contributed by atoms with van der Waals surface area (Å²) < 4.78 is 7.92. The molecule has 0 radical (unpaired) electrons. The molecule has 3 aromatic heterocycles. The predicted molar refractivity (Wildman–Crippen MR) is 231 cm³/mol. The van der Waals surface area contributed by atoms with Crippen molar-refractivity contribution in [3.8, 4) is 22.3 Å². The Labute approximate surface area is 312 Å². The highest BCUT2D eigenvalue weighted by Gasteiger charge is 2.18. The van der Waals surface area contributed by atoms with Crippen LogP contribution in [-0.4, -0.2) is 0 Å². The second-order valence-electron chi connectivity index (χ2n) is 13.3. The summed E-state index contributed by atoms with van der Waals surface area (Å²) in [6.45, 7) is 0. The van der Waals surface area contributed by atoms with Crippen molar-refractivity contribution in [3.63, 3.8) is 0 Å². The average molecular weight is 716 g/mol.